The van der Waals surface area contributed by atoms with Crippen molar-refractivity contribution < 1.29 is 17.5 Å². The molecule has 3 aromatic rings. The Kier molecular flexibility index (Phi) is 5.72. The first-order chi connectivity index (χ1) is 12.4. The number of aryl methyl sites for hydroxylation is 2. The molecule has 6 heteroatoms. The Balaban J connectivity index is 1.81. The van der Waals surface area contributed by atoms with Crippen molar-refractivity contribution >= 4 is 31.7 Å². The van der Waals surface area contributed by atoms with Crippen molar-refractivity contribution in [1.29, 1.82) is 0 Å². The Morgan fingerprint density at radius 1 is 1.04 bits per heavy atom. The van der Waals surface area contributed by atoms with Crippen molar-refractivity contribution in [3.8, 4) is 11.8 Å². The Morgan fingerprint density at radius 2 is 1.77 bits per heavy atom. The second kappa shape index (κ2) is 8.00. The lowest BCUT2D eigenvalue weighted by Gasteiger charge is -1.98. The number of fused-ring (bicyclic) bond motifs is 1. The highest BCUT2D eigenvalue weighted by Crippen LogP contribution is 2.21. The van der Waals surface area contributed by atoms with Gasteiger partial charge in [0.2, 0.25) is 10.5 Å². The van der Waals surface area contributed by atoms with Gasteiger partial charge in [-0.15, -0.1) is 0 Å². The molecule has 26 heavy (non-hydrogen) atoms. The lowest BCUT2D eigenvalue weighted by molar-refractivity contribution is -0.673. The van der Waals surface area contributed by atoms with Crippen LogP contribution in [0.15, 0.2) is 48.5 Å². The summed E-state index contributed by atoms with van der Waals surface area (Å²) >= 11 is 1.71. The van der Waals surface area contributed by atoms with Crippen molar-refractivity contribution in [2.45, 2.75) is 26.3 Å². The van der Waals surface area contributed by atoms with Crippen LogP contribution in [0.3, 0.4) is 0 Å². The normalized spacial score (nSPS) is 11.3. The summed E-state index contributed by atoms with van der Waals surface area (Å²) in [5.41, 5.74) is 3.04. The van der Waals surface area contributed by atoms with Crippen molar-refractivity contribution in [3.63, 3.8) is 0 Å². The number of rotatable bonds is 5. The standard InChI is InChI=1S/C20H19NO3S2/c1-16-21(13-5-6-14-26(22,23)24)19-15-18(11-12-20(19)25-16)10-9-17-7-3-2-4-8-17/h2-4,7-8,11-12,15H,5-6,13-14H2,1H3/p+1. The van der Waals surface area contributed by atoms with Crippen LogP contribution in [0.5, 0.6) is 0 Å². The van der Waals surface area contributed by atoms with Crippen LogP contribution < -0.4 is 4.57 Å². The van der Waals surface area contributed by atoms with Crippen LogP contribution in [0.4, 0.5) is 0 Å². The van der Waals surface area contributed by atoms with Gasteiger partial charge < -0.3 is 0 Å². The molecule has 0 spiro atoms. The van der Waals surface area contributed by atoms with Gasteiger partial charge in [-0.1, -0.05) is 41.4 Å². The number of benzene rings is 2. The zero-order valence-electron chi connectivity index (χ0n) is 14.5. The second-order valence-electron chi connectivity index (χ2n) is 6.06. The van der Waals surface area contributed by atoms with Gasteiger partial charge in [-0.05, 0) is 30.7 Å². The molecular weight excluding hydrogens is 366 g/mol. The minimum Gasteiger partial charge on any atom is -0.286 e. The summed E-state index contributed by atoms with van der Waals surface area (Å²) in [6.07, 6.45) is 1.13. The SMILES string of the molecule is Cc1sc2ccc(C#Cc3ccccc3)cc2[n+]1CCCCS(=O)(=O)O. The number of thiazole rings is 1. The summed E-state index contributed by atoms with van der Waals surface area (Å²) in [6.45, 7) is 2.78. The maximum absolute atomic E-state index is 10.8. The molecule has 3 rings (SSSR count). The highest BCUT2D eigenvalue weighted by atomic mass is 32.2. The molecule has 4 nitrogen and oxygen atoms in total. The molecule has 0 aliphatic rings. The van der Waals surface area contributed by atoms with E-state index in [9.17, 15) is 8.42 Å². The molecule has 0 amide bonds. The minimum atomic E-state index is -3.88. The lowest BCUT2D eigenvalue weighted by atomic mass is 10.1. The summed E-state index contributed by atoms with van der Waals surface area (Å²) in [4.78, 5) is 0. The number of hydrogen-bond acceptors (Lipinski definition) is 3. The van der Waals surface area contributed by atoms with Crippen LogP contribution in [0, 0.1) is 18.8 Å². The van der Waals surface area contributed by atoms with Crippen LogP contribution >= 0.6 is 11.3 Å². The fourth-order valence-electron chi connectivity index (χ4n) is 2.77. The van der Waals surface area contributed by atoms with Crippen molar-refractivity contribution in [3.05, 3.63) is 64.7 Å². The van der Waals surface area contributed by atoms with Gasteiger partial charge in [-0.2, -0.15) is 13.0 Å². The van der Waals surface area contributed by atoms with Crippen molar-refractivity contribution in [1.82, 2.24) is 0 Å². The van der Waals surface area contributed by atoms with E-state index >= 15 is 0 Å². The van der Waals surface area contributed by atoms with Gasteiger partial charge in [-0.3, -0.25) is 4.55 Å². The van der Waals surface area contributed by atoms with E-state index < -0.39 is 10.1 Å². The van der Waals surface area contributed by atoms with Gasteiger partial charge in [0, 0.05) is 30.5 Å². The predicted octanol–water partition coefficient (Wildman–Crippen LogP) is 3.57. The monoisotopic (exact) mass is 386 g/mol. The van der Waals surface area contributed by atoms with Crippen molar-refractivity contribution in [2.24, 2.45) is 0 Å². The summed E-state index contributed by atoms with van der Waals surface area (Å²) in [5.74, 6) is 6.18. The molecule has 0 saturated carbocycles. The van der Waals surface area contributed by atoms with Crippen LogP contribution in [-0.4, -0.2) is 18.7 Å². The molecular formula is C20H20NO3S2+. The molecule has 134 valence electrons. The number of aromatic nitrogens is 1. The lowest BCUT2D eigenvalue weighted by Crippen LogP contribution is -2.35. The Labute approximate surface area is 157 Å². The van der Waals surface area contributed by atoms with Gasteiger partial charge in [0.15, 0.2) is 0 Å². The van der Waals surface area contributed by atoms with E-state index in [0.717, 1.165) is 23.2 Å². The van der Waals surface area contributed by atoms with Gasteiger partial charge in [0.05, 0.1) is 5.75 Å². The third-order valence-electron chi connectivity index (χ3n) is 4.05. The predicted molar refractivity (Wildman–Crippen MR) is 105 cm³/mol. The van der Waals surface area contributed by atoms with E-state index in [0.29, 0.717) is 12.8 Å². The molecule has 1 N–H and O–H groups in total. The summed E-state index contributed by atoms with van der Waals surface area (Å²) in [6, 6.07) is 16.1. The molecule has 0 atom stereocenters. The van der Waals surface area contributed by atoms with E-state index in [1.54, 1.807) is 11.3 Å². The molecule has 1 heterocycles. The number of hydrogen-bond donors (Lipinski definition) is 1. The quantitative estimate of drug-likeness (QED) is 0.316. The molecule has 1 aromatic heterocycles. The van der Waals surface area contributed by atoms with E-state index in [-0.39, 0.29) is 5.75 Å². The highest BCUT2D eigenvalue weighted by molar-refractivity contribution is 7.85. The smallest absolute Gasteiger partial charge is 0.264 e. The number of unbranched alkanes of at least 4 members (excludes halogenated alkanes) is 1. The zero-order valence-corrected chi connectivity index (χ0v) is 16.1. The summed E-state index contributed by atoms with van der Waals surface area (Å²) < 4.78 is 33.9. The largest absolute Gasteiger partial charge is 0.286 e. The molecule has 0 fully saturated rings. The van der Waals surface area contributed by atoms with E-state index in [2.05, 4.69) is 35.5 Å². The van der Waals surface area contributed by atoms with E-state index in [4.69, 9.17) is 4.55 Å². The maximum atomic E-state index is 10.8. The van der Waals surface area contributed by atoms with Crippen molar-refractivity contribution in [2.75, 3.05) is 5.75 Å². The van der Waals surface area contributed by atoms with Crippen LogP contribution in [0.1, 0.15) is 29.0 Å². The van der Waals surface area contributed by atoms with E-state index in [1.165, 1.54) is 9.71 Å². The fraction of sp³-hybridized carbons (Fsp3) is 0.250. The second-order valence-corrected chi connectivity index (χ2v) is 8.87. The molecule has 0 unspecified atom stereocenters. The highest BCUT2D eigenvalue weighted by Gasteiger charge is 2.17. The first-order valence-corrected chi connectivity index (χ1v) is 10.8. The van der Waals surface area contributed by atoms with E-state index in [1.807, 2.05) is 36.4 Å². The topological polar surface area (TPSA) is 58.2 Å². The van der Waals surface area contributed by atoms with Crippen LogP contribution in [-0.2, 0) is 16.7 Å². The Morgan fingerprint density at radius 3 is 2.50 bits per heavy atom. The first-order valence-electron chi connectivity index (χ1n) is 8.37. The zero-order chi connectivity index (χ0) is 18.6. The molecule has 0 aliphatic carbocycles. The van der Waals surface area contributed by atoms with Gasteiger partial charge in [0.25, 0.3) is 10.1 Å². The first kappa shape index (κ1) is 18.6. The third-order valence-corrected chi connectivity index (χ3v) is 5.93. The average Bonchev–Trinajstić information content (AvgIpc) is 2.92. The summed E-state index contributed by atoms with van der Waals surface area (Å²) in [5, 5.41) is 1.17. The van der Waals surface area contributed by atoms with Crippen LogP contribution in [0.2, 0.25) is 0 Å². The van der Waals surface area contributed by atoms with Gasteiger partial charge >= 0.3 is 0 Å². The molecule has 0 aliphatic heterocycles. The maximum Gasteiger partial charge on any atom is 0.264 e. The minimum absolute atomic E-state index is 0.192. The Hall–Kier alpha value is -2.20. The fourth-order valence-corrected chi connectivity index (χ4v) is 4.37. The molecule has 0 radical (unpaired) electrons. The molecule has 0 bridgehead atoms. The van der Waals surface area contributed by atoms with Gasteiger partial charge in [-0.25, -0.2) is 0 Å². The van der Waals surface area contributed by atoms with Gasteiger partial charge in [0.1, 0.15) is 11.2 Å². The summed E-state index contributed by atoms with van der Waals surface area (Å²) in [7, 11) is -3.88. The third kappa shape index (κ3) is 4.92. The average molecular weight is 387 g/mol. The Bertz CT molecular complexity index is 1070. The number of nitrogens with zero attached hydrogens (tertiary/aromatic N) is 1. The van der Waals surface area contributed by atoms with Crippen LogP contribution in [0.25, 0.3) is 10.2 Å². The molecule has 2 aromatic carbocycles. The molecule has 0 saturated heterocycles.